The van der Waals surface area contributed by atoms with Crippen molar-refractivity contribution in [1.29, 1.82) is 0 Å². The molecule has 0 saturated heterocycles. The molecular formula is C11H16N4O2. The van der Waals surface area contributed by atoms with Crippen LogP contribution in [0, 0.1) is 0 Å². The van der Waals surface area contributed by atoms with Crippen molar-refractivity contribution in [1.82, 2.24) is 14.1 Å². The lowest BCUT2D eigenvalue weighted by Gasteiger charge is -2.17. The Labute approximate surface area is 103 Å². The van der Waals surface area contributed by atoms with Gasteiger partial charge in [-0.3, -0.25) is 9.13 Å². The van der Waals surface area contributed by atoms with Crippen molar-refractivity contribution in [2.75, 3.05) is 5.73 Å². The van der Waals surface area contributed by atoms with Crippen LogP contribution in [0.1, 0.15) is 18.0 Å². The molecule has 0 saturated carbocycles. The normalized spacial score (nSPS) is 15.6. The summed E-state index contributed by atoms with van der Waals surface area (Å²) in [5.41, 5.74) is 4.18. The maximum absolute atomic E-state index is 12.3. The number of aryl methyl sites for hydroxylation is 1. The van der Waals surface area contributed by atoms with Gasteiger partial charge < -0.3 is 10.8 Å². The van der Waals surface area contributed by atoms with Gasteiger partial charge in [0.15, 0.2) is 0 Å². The first-order valence-corrected chi connectivity index (χ1v) is 5.10. The molecule has 0 aromatic carbocycles. The number of anilines is 1. The van der Waals surface area contributed by atoms with Gasteiger partial charge in [0.1, 0.15) is 5.82 Å². The highest BCUT2D eigenvalue weighted by molar-refractivity contribution is 5.77. The molecule has 2 aromatic heterocycles. The number of pyridine rings is 1. The Morgan fingerprint density at radius 3 is 2.88 bits per heavy atom. The summed E-state index contributed by atoms with van der Waals surface area (Å²) in [6.07, 6.45) is 1.25. The largest absolute Gasteiger partial charge is 0.389 e. The summed E-state index contributed by atoms with van der Waals surface area (Å²) in [4.78, 5) is 16.1. The van der Waals surface area contributed by atoms with Crippen LogP contribution in [0.2, 0.25) is 0 Å². The van der Waals surface area contributed by atoms with Crippen LogP contribution in [0.5, 0.6) is 0 Å². The second-order valence-corrected chi connectivity index (χ2v) is 4.61. The number of hydrogen-bond donors (Lipinski definition) is 2. The number of imidazole rings is 1. The molecule has 6 heteroatoms. The highest BCUT2D eigenvalue weighted by Crippen LogP contribution is 2.16. The second kappa shape index (κ2) is 3.59. The van der Waals surface area contributed by atoms with Gasteiger partial charge in [0, 0.05) is 17.2 Å². The topological polar surface area (TPSA) is 86.1 Å². The highest BCUT2D eigenvalue weighted by atomic mass is 16.3. The monoisotopic (exact) mass is 239 g/mol. The number of nitrogens with zero attached hydrogens (tertiary/aromatic N) is 3. The van der Waals surface area contributed by atoms with Gasteiger partial charge in [0.05, 0.1) is 29.4 Å². The number of aromatic nitrogens is 3. The van der Waals surface area contributed by atoms with E-state index in [0.29, 0.717) is 10.1 Å². The van der Waals surface area contributed by atoms with Gasteiger partial charge in [0.25, 0.3) is 0 Å². The molecule has 0 aliphatic heterocycles. The number of nitrogen functional groups attached to an aromatic ring is 1. The van der Waals surface area contributed by atoms with Crippen molar-refractivity contribution in [3.63, 3.8) is 0 Å². The first kappa shape index (κ1) is 8.30. The fourth-order valence-electron chi connectivity index (χ4n) is 1.71. The third-order valence-electron chi connectivity index (χ3n) is 2.38. The third kappa shape index (κ3) is 2.03. The van der Waals surface area contributed by atoms with Crippen molar-refractivity contribution in [3.8, 4) is 0 Å². The van der Waals surface area contributed by atoms with Crippen LogP contribution in [-0.2, 0) is 13.5 Å². The molecule has 0 fully saturated rings. The zero-order valence-electron chi connectivity index (χ0n) is 12.6. The minimum atomic E-state index is -2.63. The zero-order chi connectivity index (χ0) is 15.3. The molecule has 0 unspecified atom stereocenters. The summed E-state index contributed by atoms with van der Waals surface area (Å²) in [6, 6.07) is 1.42. The van der Waals surface area contributed by atoms with E-state index < -0.39 is 18.3 Å². The summed E-state index contributed by atoms with van der Waals surface area (Å²) in [6.45, 7) is 0.387. The van der Waals surface area contributed by atoms with Crippen LogP contribution in [0.25, 0.3) is 11.0 Å². The average molecular weight is 239 g/mol. The molecule has 0 amide bonds. The van der Waals surface area contributed by atoms with Gasteiger partial charge >= 0.3 is 5.69 Å². The van der Waals surface area contributed by atoms with E-state index in [1.807, 2.05) is 0 Å². The summed E-state index contributed by atoms with van der Waals surface area (Å²) < 4.78 is 24.2. The van der Waals surface area contributed by atoms with Crippen LogP contribution in [0.15, 0.2) is 17.1 Å². The number of hydrogen-bond acceptors (Lipinski definition) is 4. The van der Waals surface area contributed by atoms with Crippen LogP contribution in [-0.4, -0.2) is 24.8 Å². The van der Waals surface area contributed by atoms with Crippen molar-refractivity contribution in [2.45, 2.75) is 26.0 Å². The molecule has 0 bridgehead atoms. The van der Waals surface area contributed by atoms with Crippen LogP contribution in [0.3, 0.4) is 0 Å². The van der Waals surface area contributed by atoms with Crippen LogP contribution < -0.4 is 11.4 Å². The van der Waals surface area contributed by atoms with Gasteiger partial charge in [-0.05, 0) is 13.8 Å². The van der Waals surface area contributed by atoms with E-state index in [1.165, 1.54) is 30.7 Å². The smallest absolute Gasteiger partial charge is 0.328 e. The molecule has 6 nitrogen and oxygen atoms in total. The van der Waals surface area contributed by atoms with Gasteiger partial charge in [-0.15, -0.1) is 0 Å². The molecule has 0 aliphatic carbocycles. The second-order valence-electron chi connectivity index (χ2n) is 4.61. The molecule has 17 heavy (non-hydrogen) atoms. The molecule has 2 heterocycles. The quantitative estimate of drug-likeness (QED) is 0.777. The van der Waals surface area contributed by atoms with Crippen molar-refractivity contribution >= 4 is 16.9 Å². The standard InChI is InChI=1S/C11H16N4O2/c1-11(2,17)6-15-7-4-9(12)13-5-8(7)14(3)10(15)16/h4-5,17H,6H2,1-3H3,(H2,12,13)/i3D3. The van der Waals surface area contributed by atoms with E-state index in [0.717, 1.165) is 0 Å². The highest BCUT2D eigenvalue weighted by Gasteiger charge is 2.19. The molecule has 92 valence electrons. The van der Waals surface area contributed by atoms with Crippen molar-refractivity contribution in [3.05, 3.63) is 22.7 Å². The molecular weight excluding hydrogens is 220 g/mol. The molecule has 2 aromatic rings. The Hall–Kier alpha value is -1.82. The lowest BCUT2D eigenvalue weighted by molar-refractivity contribution is 0.0615. The molecule has 0 atom stereocenters. The average Bonchev–Trinajstić information content (AvgIpc) is 2.49. The summed E-state index contributed by atoms with van der Waals surface area (Å²) in [7, 11) is 0. The molecule has 3 N–H and O–H groups in total. The third-order valence-corrected chi connectivity index (χ3v) is 2.38. The molecule has 0 spiro atoms. The summed E-state index contributed by atoms with van der Waals surface area (Å²) >= 11 is 0. The first-order valence-electron chi connectivity index (χ1n) is 6.60. The van der Waals surface area contributed by atoms with Crippen LogP contribution in [0.4, 0.5) is 5.82 Å². The number of rotatable bonds is 2. The van der Waals surface area contributed by atoms with Gasteiger partial charge in [-0.2, -0.15) is 0 Å². The van der Waals surface area contributed by atoms with E-state index in [4.69, 9.17) is 9.85 Å². The van der Waals surface area contributed by atoms with E-state index in [-0.39, 0.29) is 17.9 Å². The zero-order valence-corrected chi connectivity index (χ0v) is 9.64. The first-order chi connectivity index (χ1) is 9.00. The fraction of sp³-hybridized carbons (Fsp3) is 0.455. The lowest BCUT2D eigenvalue weighted by Crippen LogP contribution is -2.33. The molecule has 0 aliphatic rings. The minimum Gasteiger partial charge on any atom is -0.389 e. The SMILES string of the molecule is [2H]C([2H])([2H])n1c(=O)n(CC(C)(C)O)c2cc(N)ncc21. The lowest BCUT2D eigenvalue weighted by atomic mass is 10.1. The van der Waals surface area contributed by atoms with Gasteiger partial charge in [-0.25, -0.2) is 9.78 Å². The predicted octanol–water partition coefficient (Wildman–Crippen LogP) is 0.0881. The predicted molar refractivity (Wildman–Crippen MR) is 65.7 cm³/mol. The number of fused-ring (bicyclic) bond motifs is 1. The van der Waals surface area contributed by atoms with Gasteiger partial charge in [0.2, 0.25) is 0 Å². The molecule has 2 rings (SSSR count). The van der Waals surface area contributed by atoms with E-state index in [9.17, 15) is 9.90 Å². The van der Waals surface area contributed by atoms with E-state index >= 15 is 0 Å². The summed E-state index contributed by atoms with van der Waals surface area (Å²) in [5.74, 6) is 0.171. The Kier molecular flexibility index (Phi) is 1.75. The molecule has 0 radical (unpaired) electrons. The van der Waals surface area contributed by atoms with Gasteiger partial charge in [-0.1, -0.05) is 0 Å². The Morgan fingerprint density at radius 1 is 1.59 bits per heavy atom. The summed E-state index contributed by atoms with van der Waals surface area (Å²) in [5, 5.41) is 9.88. The minimum absolute atomic E-state index is 0.0468. The maximum atomic E-state index is 12.3. The van der Waals surface area contributed by atoms with E-state index in [1.54, 1.807) is 0 Å². The number of nitrogens with two attached hydrogens (primary N) is 1. The Bertz CT molecular complexity index is 709. The fourth-order valence-corrected chi connectivity index (χ4v) is 1.71. The van der Waals surface area contributed by atoms with Crippen molar-refractivity contribution in [2.24, 2.45) is 6.98 Å². The Morgan fingerprint density at radius 2 is 2.29 bits per heavy atom. The number of aliphatic hydroxyl groups is 1. The maximum Gasteiger partial charge on any atom is 0.328 e. The van der Waals surface area contributed by atoms with Crippen LogP contribution >= 0.6 is 0 Å². The van der Waals surface area contributed by atoms with Crippen molar-refractivity contribution < 1.29 is 9.22 Å². The Balaban J connectivity index is 2.84. The van der Waals surface area contributed by atoms with E-state index in [2.05, 4.69) is 4.98 Å².